The zero-order valence-electron chi connectivity index (χ0n) is 7.84. The Morgan fingerprint density at radius 3 is 2.47 bits per heavy atom. The molecule has 0 aliphatic rings. The molecule has 3 nitrogen and oxygen atoms in total. The van der Waals surface area contributed by atoms with Crippen LogP contribution in [0, 0.1) is 0 Å². The van der Waals surface area contributed by atoms with Crippen molar-refractivity contribution >= 4 is 34.8 Å². The fourth-order valence-electron chi connectivity index (χ4n) is 0.977. The fraction of sp³-hybridized carbons (Fsp3) is 0.100. The van der Waals surface area contributed by atoms with Crippen LogP contribution in [0.15, 0.2) is 34.8 Å². The van der Waals surface area contributed by atoms with Gasteiger partial charge in [-0.25, -0.2) is 0 Å². The molecule has 1 aromatic carbocycles. The first kappa shape index (κ1) is 11.9. The SMILES string of the molecule is NC(=O)c1ccc(NCC(Cl)=CCl)cc1. The number of amides is 1. The number of halogens is 2. The van der Waals surface area contributed by atoms with Crippen molar-refractivity contribution in [2.75, 3.05) is 11.9 Å². The van der Waals surface area contributed by atoms with E-state index in [1.165, 1.54) is 5.54 Å². The first-order chi connectivity index (χ1) is 7.13. The summed E-state index contributed by atoms with van der Waals surface area (Å²) < 4.78 is 0. The number of nitrogens with two attached hydrogens (primary N) is 1. The van der Waals surface area contributed by atoms with E-state index in [4.69, 9.17) is 28.9 Å². The van der Waals surface area contributed by atoms with Gasteiger partial charge in [0, 0.05) is 21.8 Å². The summed E-state index contributed by atoms with van der Waals surface area (Å²) in [5.41, 5.74) is 7.71. The number of hydrogen-bond acceptors (Lipinski definition) is 2. The Kier molecular flexibility index (Phi) is 4.46. The normalized spacial score (nSPS) is 11.2. The van der Waals surface area contributed by atoms with Gasteiger partial charge in [-0.2, -0.15) is 0 Å². The highest BCUT2D eigenvalue weighted by Gasteiger charge is 1.99. The van der Waals surface area contributed by atoms with E-state index in [1.807, 2.05) is 0 Å². The molecule has 0 aliphatic carbocycles. The van der Waals surface area contributed by atoms with Crippen LogP contribution in [0.5, 0.6) is 0 Å². The Bertz CT molecular complexity index is 374. The maximum atomic E-state index is 10.8. The van der Waals surface area contributed by atoms with Gasteiger partial charge in [0.15, 0.2) is 0 Å². The number of nitrogens with one attached hydrogen (secondary N) is 1. The molecule has 0 fully saturated rings. The van der Waals surface area contributed by atoms with Crippen molar-refractivity contribution in [3.63, 3.8) is 0 Å². The number of carbonyl (C=O) groups is 1. The molecule has 15 heavy (non-hydrogen) atoms. The number of benzene rings is 1. The average molecular weight is 245 g/mol. The lowest BCUT2D eigenvalue weighted by molar-refractivity contribution is 0.100. The highest BCUT2D eigenvalue weighted by molar-refractivity contribution is 6.36. The monoisotopic (exact) mass is 244 g/mol. The average Bonchev–Trinajstić information content (AvgIpc) is 2.26. The molecular weight excluding hydrogens is 235 g/mol. The molecule has 1 rings (SSSR count). The molecule has 3 N–H and O–H groups in total. The van der Waals surface area contributed by atoms with Gasteiger partial charge < -0.3 is 11.1 Å². The second-order valence-electron chi connectivity index (χ2n) is 2.85. The smallest absolute Gasteiger partial charge is 0.248 e. The van der Waals surface area contributed by atoms with Gasteiger partial charge in [0.25, 0.3) is 0 Å². The van der Waals surface area contributed by atoms with Crippen molar-refractivity contribution in [2.24, 2.45) is 5.73 Å². The first-order valence-electron chi connectivity index (χ1n) is 4.22. The number of rotatable bonds is 4. The van der Waals surface area contributed by atoms with Crippen LogP contribution in [-0.2, 0) is 0 Å². The lowest BCUT2D eigenvalue weighted by Gasteiger charge is -2.05. The molecule has 1 aromatic rings. The number of carbonyl (C=O) groups excluding carboxylic acids is 1. The van der Waals surface area contributed by atoms with Crippen LogP contribution in [-0.4, -0.2) is 12.5 Å². The quantitative estimate of drug-likeness (QED) is 0.856. The predicted octanol–water partition coefficient (Wildman–Crippen LogP) is 2.52. The summed E-state index contributed by atoms with van der Waals surface area (Å²) in [5.74, 6) is -0.444. The van der Waals surface area contributed by atoms with E-state index in [-0.39, 0.29) is 0 Å². The van der Waals surface area contributed by atoms with Gasteiger partial charge >= 0.3 is 0 Å². The van der Waals surface area contributed by atoms with E-state index in [2.05, 4.69) is 5.32 Å². The fourth-order valence-corrected chi connectivity index (χ4v) is 1.12. The third-order valence-corrected chi connectivity index (χ3v) is 2.37. The van der Waals surface area contributed by atoms with E-state index in [0.29, 0.717) is 17.1 Å². The molecule has 80 valence electrons. The number of anilines is 1. The van der Waals surface area contributed by atoms with E-state index in [0.717, 1.165) is 5.69 Å². The van der Waals surface area contributed by atoms with Gasteiger partial charge in [-0.05, 0) is 24.3 Å². The van der Waals surface area contributed by atoms with Crippen LogP contribution < -0.4 is 11.1 Å². The Balaban J connectivity index is 2.61. The molecular formula is C10H10Cl2N2O. The summed E-state index contributed by atoms with van der Waals surface area (Å²) in [4.78, 5) is 10.8. The zero-order chi connectivity index (χ0) is 11.3. The van der Waals surface area contributed by atoms with Crippen LogP contribution in [0.2, 0.25) is 0 Å². The Morgan fingerprint density at radius 2 is 2.00 bits per heavy atom. The highest BCUT2D eigenvalue weighted by Crippen LogP contribution is 2.11. The van der Waals surface area contributed by atoms with Crippen LogP contribution in [0.3, 0.4) is 0 Å². The molecule has 0 saturated carbocycles. The summed E-state index contributed by atoms with van der Waals surface area (Å²) in [5, 5.41) is 3.53. The summed E-state index contributed by atoms with van der Waals surface area (Å²) in [6.07, 6.45) is 0. The molecule has 5 heteroatoms. The molecule has 0 spiro atoms. The van der Waals surface area contributed by atoms with Gasteiger partial charge in [0.2, 0.25) is 5.91 Å². The molecule has 0 saturated heterocycles. The lowest BCUT2D eigenvalue weighted by atomic mass is 10.2. The topological polar surface area (TPSA) is 55.1 Å². The van der Waals surface area contributed by atoms with E-state index < -0.39 is 5.91 Å². The summed E-state index contributed by atoms with van der Waals surface area (Å²) in [6.45, 7) is 0.445. The Morgan fingerprint density at radius 1 is 1.40 bits per heavy atom. The lowest BCUT2D eigenvalue weighted by Crippen LogP contribution is -2.10. The van der Waals surface area contributed by atoms with Crippen LogP contribution in [0.25, 0.3) is 0 Å². The van der Waals surface area contributed by atoms with Gasteiger partial charge in [-0.3, -0.25) is 4.79 Å². The third-order valence-electron chi connectivity index (χ3n) is 1.75. The minimum Gasteiger partial charge on any atom is -0.380 e. The zero-order valence-corrected chi connectivity index (χ0v) is 9.35. The van der Waals surface area contributed by atoms with E-state index in [9.17, 15) is 4.79 Å². The summed E-state index contributed by atoms with van der Waals surface area (Å²) in [6, 6.07) is 6.78. The largest absolute Gasteiger partial charge is 0.380 e. The Hall–Kier alpha value is -1.19. The standard InChI is InChI=1S/C10H10Cl2N2O/c11-5-8(12)6-14-9-3-1-7(2-4-9)10(13)15/h1-5,14H,6H2,(H2,13,15). The summed E-state index contributed by atoms with van der Waals surface area (Å²) in [7, 11) is 0. The predicted molar refractivity (Wildman–Crippen MR) is 63.2 cm³/mol. The van der Waals surface area contributed by atoms with Crippen molar-refractivity contribution < 1.29 is 4.79 Å². The molecule has 0 unspecified atom stereocenters. The first-order valence-corrected chi connectivity index (χ1v) is 5.03. The molecule has 0 bridgehead atoms. The van der Waals surface area contributed by atoms with Crippen molar-refractivity contribution in [2.45, 2.75) is 0 Å². The molecule has 1 amide bonds. The van der Waals surface area contributed by atoms with E-state index >= 15 is 0 Å². The molecule has 0 atom stereocenters. The summed E-state index contributed by atoms with van der Waals surface area (Å²) >= 11 is 11.1. The molecule has 0 aliphatic heterocycles. The second kappa shape index (κ2) is 5.63. The number of hydrogen-bond donors (Lipinski definition) is 2. The second-order valence-corrected chi connectivity index (χ2v) is 3.55. The molecule has 0 heterocycles. The van der Waals surface area contributed by atoms with Gasteiger partial charge in [-0.1, -0.05) is 23.2 Å². The van der Waals surface area contributed by atoms with Gasteiger partial charge in [0.05, 0.1) is 6.54 Å². The third kappa shape index (κ3) is 3.81. The van der Waals surface area contributed by atoms with Crippen LogP contribution in [0.1, 0.15) is 10.4 Å². The van der Waals surface area contributed by atoms with E-state index in [1.54, 1.807) is 24.3 Å². The Labute approximate surface area is 97.9 Å². The highest BCUT2D eigenvalue weighted by atomic mass is 35.5. The van der Waals surface area contributed by atoms with Crippen molar-refractivity contribution in [1.82, 2.24) is 0 Å². The van der Waals surface area contributed by atoms with Crippen molar-refractivity contribution in [1.29, 1.82) is 0 Å². The molecule has 0 aromatic heterocycles. The van der Waals surface area contributed by atoms with Gasteiger partial charge in [-0.15, -0.1) is 0 Å². The maximum absolute atomic E-state index is 10.8. The number of primary amides is 1. The van der Waals surface area contributed by atoms with Crippen molar-refractivity contribution in [3.8, 4) is 0 Å². The van der Waals surface area contributed by atoms with Crippen LogP contribution >= 0.6 is 23.2 Å². The minimum atomic E-state index is -0.444. The maximum Gasteiger partial charge on any atom is 0.248 e. The molecule has 0 radical (unpaired) electrons. The van der Waals surface area contributed by atoms with Gasteiger partial charge in [0.1, 0.15) is 0 Å². The van der Waals surface area contributed by atoms with Crippen molar-refractivity contribution in [3.05, 3.63) is 40.4 Å². The van der Waals surface area contributed by atoms with Crippen LogP contribution in [0.4, 0.5) is 5.69 Å². The minimum absolute atomic E-state index is 0.444.